The summed E-state index contributed by atoms with van der Waals surface area (Å²) in [5.41, 5.74) is -0.412. The molecule has 0 aliphatic heterocycles. The fraction of sp³-hybridized carbons (Fsp3) is 0.769. The number of terminal acetylenes is 1. The Morgan fingerprint density at radius 3 is 2.53 bits per heavy atom. The van der Waals surface area contributed by atoms with Crippen molar-refractivity contribution in [2.24, 2.45) is 11.3 Å². The SMILES string of the molecule is C#CC(C)(C)NC(=O)C1CCCC1(C)C. The minimum absolute atomic E-state index is 0.112. The second kappa shape index (κ2) is 3.89. The molecule has 0 aromatic carbocycles. The van der Waals surface area contributed by atoms with Gasteiger partial charge in [-0.15, -0.1) is 6.42 Å². The maximum Gasteiger partial charge on any atom is 0.224 e. The summed E-state index contributed by atoms with van der Waals surface area (Å²) >= 11 is 0. The summed E-state index contributed by atoms with van der Waals surface area (Å²) < 4.78 is 0. The average Bonchev–Trinajstić information content (AvgIpc) is 2.44. The summed E-state index contributed by atoms with van der Waals surface area (Å²) in [4.78, 5) is 12.0. The molecule has 0 radical (unpaired) electrons. The first-order valence-corrected chi connectivity index (χ1v) is 5.58. The van der Waals surface area contributed by atoms with E-state index < -0.39 is 5.54 Å². The second-order valence-corrected chi connectivity index (χ2v) is 5.69. The molecule has 15 heavy (non-hydrogen) atoms. The Bertz CT molecular complexity index is 296. The van der Waals surface area contributed by atoms with Gasteiger partial charge in [0.1, 0.15) is 0 Å². The number of carbonyl (C=O) groups is 1. The van der Waals surface area contributed by atoms with Gasteiger partial charge in [-0.1, -0.05) is 26.2 Å². The lowest BCUT2D eigenvalue weighted by Crippen LogP contribution is -2.47. The van der Waals surface area contributed by atoms with Crippen LogP contribution in [-0.4, -0.2) is 11.4 Å². The van der Waals surface area contributed by atoms with Crippen molar-refractivity contribution < 1.29 is 4.79 Å². The zero-order chi connectivity index (χ0) is 11.7. The third kappa shape index (κ3) is 2.75. The van der Waals surface area contributed by atoms with Crippen LogP contribution >= 0.6 is 0 Å². The molecule has 0 aromatic rings. The number of hydrogen-bond acceptors (Lipinski definition) is 1. The van der Waals surface area contributed by atoms with Gasteiger partial charge in [-0.25, -0.2) is 0 Å². The van der Waals surface area contributed by atoms with Crippen molar-refractivity contribution in [1.82, 2.24) is 5.32 Å². The molecule has 0 saturated heterocycles. The molecule has 0 heterocycles. The molecule has 1 aliphatic rings. The molecule has 2 nitrogen and oxygen atoms in total. The van der Waals surface area contributed by atoms with E-state index in [9.17, 15) is 4.79 Å². The van der Waals surface area contributed by atoms with E-state index in [1.54, 1.807) is 0 Å². The van der Waals surface area contributed by atoms with Gasteiger partial charge in [0, 0.05) is 5.92 Å². The lowest BCUT2D eigenvalue weighted by molar-refractivity contribution is -0.128. The highest BCUT2D eigenvalue weighted by Crippen LogP contribution is 2.42. The van der Waals surface area contributed by atoms with Gasteiger partial charge in [0.2, 0.25) is 5.91 Å². The van der Waals surface area contributed by atoms with Crippen LogP contribution in [0, 0.1) is 23.7 Å². The molecule has 1 atom stereocenters. The summed E-state index contributed by atoms with van der Waals surface area (Å²) in [5, 5.41) is 2.93. The van der Waals surface area contributed by atoms with Crippen molar-refractivity contribution in [1.29, 1.82) is 0 Å². The van der Waals surface area contributed by atoms with Crippen molar-refractivity contribution in [3.63, 3.8) is 0 Å². The Kier molecular flexibility index (Phi) is 3.13. The molecule has 1 unspecified atom stereocenters. The van der Waals surface area contributed by atoms with E-state index in [2.05, 4.69) is 25.1 Å². The average molecular weight is 207 g/mol. The van der Waals surface area contributed by atoms with Crippen molar-refractivity contribution in [2.45, 2.75) is 52.5 Å². The van der Waals surface area contributed by atoms with E-state index in [-0.39, 0.29) is 17.2 Å². The summed E-state index contributed by atoms with van der Waals surface area (Å²) in [6.07, 6.45) is 8.61. The molecule has 1 aliphatic carbocycles. The fourth-order valence-corrected chi connectivity index (χ4v) is 2.24. The van der Waals surface area contributed by atoms with E-state index in [4.69, 9.17) is 6.42 Å². The van der Waals surface area contributed by atoms with Gasteiger partial charge in [-0.3, -0.25) is 4.79 Å². The van der Waals surface area contributed by atoms with Crippen molar-refractivity contribution in [2.75, 3.05) is 0 Å². The van der Waals surface area contributed by atoms with Crippen molar-refractivity contribution in [3.8, 4) is 12.3 Å². The Balaban J connectivity index is 2.67. The van der Waals surface area contributed by atoms with Crippen LogP contribution in [0.15, 0.2) is 0 Å². The lowest BCUT2D eigenvalue weighted by atomic mass is 9.81. The highest BCUT2D eigenvalue weighted by Gasteiger charge is 2.40. The van der Waals surface area contributed by atoms with E-state index in [0.29, 0.717) is 0 Å². The van der Waals surface area contributed by atoms with E-state index in [1.165, 1.54) is 0 Å². The van der Waals surface area contributed by atoms with Gasteiger partial charge < -0.3 is 5.32 Å². The number of nitrogens with one attached hydrogen (secondary N) is 1. The van der Waals surface area contributed by atoms with Crippen LogP contribution in [0.4, 0.5) is 0 Å². The molecule has 2 heteroatoms. The van der Waals surface area contributed by atoms with Gasteiger partial charge in [-0.2, -0.15) is 0 Å². The molecule has 0 spiro atoms. The first-order valence-electron chi connectivity index (χ1n) is 5.58. The molecular formula is C13H21NO. The van der Waals surface area contributed by atoms with E-state index in [0.717, 1.165) is 19.3 Å². The normalized spacial score (nSPS) is 24.6. The maximum atomic E-state index is 12.0. The third-order valence-corrected chi connectivity index (χ3v) is 3.37. The number of carbonyl (C=O) groups excluding carboxylic acids is 1. The molecule has 1 rings (SSSR count). The Morgan fingerprint density at radius 2 is 2.13 bits per heavy atom. The third-order valence-electron chi connectivity index (χ3n) is 3.37. The Morgan fingerprint density at radius 1 is 1.53 bits per heavy atom. The number of hydrogen-bond donors (Lipinski definition) is 1. The molecule has 0 aromatic heterocycles. The van der Waals surface area contributed by atoms with E-state index in [1.807, 2.05) is 13.8 Å². The van der Waals surface area contributed by atoms with Crippen LogP contribution in [0.5, 0.6) is 0 Å². The van der Waals surface area contributed by atoms with Gasteiger partial charge in [0.25, 0.3) is 0 Å². The van der Waals surface area contributed by atoms with Crippen LogP contribution in [0.3, 0.4) is 0 Å². The van der Waals surface area contributed by atoms with Crippen LogP contribution in [0.2, 0.25) is 0 Å². The van der Waals surface area contributed by atoms with Crippen LogP contribution in [0.25, 0.3) is 0 Å². The lowest BCUT2D eigenvalue weighted by Gasteiger charge is -2.29. The van der Waals surface area contributed by atoms with Gasteiger partial charge in [-0.05, 0) is 32.1 Å². The zero-order valence-corrected chi connectivity index (χ0v) is 10.2. The van der Waals surface area contributed by atoms with Crippen LogP contribution < -0.4 is 5.32 Å². The molecular weight excluding hydrogens is 186 g/mol. The summed E-state index contributed by atoms with van der Waals surface area (Å²) in [5.74, 6) is 2.82. The van der Waals surface area contributed by atoms with Gasteiger partial charge in [0.15, 0.2) is 0 Å². The zero-order valence-electron chi connectivity index (χ0n) is 10.2. The standard InChI is InChI=1S/C13H21NO/c1-6-13(4,5)14-11(15)10-8-7-9-12(10,2)3/h1,10H,7-9H2,2-5H3,(H,14,15). The molecule has 1 fully saturated rings. The first kappa shape index (κ1) is 12.1. The Labute approximate surface area is 92.8 Å². The van der Waals surface area contributed by atoms with Crippen LogP contribution in [-0.2, 0) is 4.79 Å². The Hall–Kier alpha value is -0.970. The molecule has 84 valence electrons. The topological polar surface area (TPSA) is 29.1 Å². The predicted octanol–water partition coefficient (Wildman–Crippen LogP) is 2.34. The van der Waals surface area contributed by atoms with Gasteiger partial charge >= 0.3 is 0 Å². The minimum Gasteiger partial charge on any atom is -0.340 e. The number of rotatable bonds is 2. The van der Waals surface area contributed by atoms with Crippen molar-refractivity contribution >= 4 is 5.91 Å². The summed E-state index contributed by atoms with van der Waals surface area (Å²) in [6, 6.07) is 0. The van der Waals surface area contributed by atoms with Crippen LogP contribution in [0.1, 0.15) is 47.0 Å². The largest absolute Gasteiger partial charge is 0.340 e. The molecule has 0 bridgehead atoms. The molecule has 1 saturated carbocycles. The predicted molar refractivity (Wildman–Crippen MR) is 62.2 cm³/mol. The summed E-state index contributed by atoms with van der Waals surface area (Å²) in [7, 11) is 0. The highest BCUT2D eigenvalue weighted by molar-refractivity contribution is 5.80. The smallest absolute Gasteiger partial charge is 0.224 e. The van der Waals surface area contributed by atoms with Gasteiger partial charge in [0.05, 0.1) is 5.54 Å². The second-order valence-electron chi connectivity index (χ2n) is 5.69. The maximum absolute atomic E-state index is 12.0. The fourth-order valence-electron chi connectivity index (χ4n) is 2.24. The first-order chi connectivity index (χ1) is 6.78. The minimum atomic E-state index is -0.532. The highest BCUT2D eigenvalue weighted by atomic mass is 16.2. The quantitative estimate of drug-likeness (QED) is 0.692. The van der Waals surface area contributed by atoms with E-state index >= 15 is 0 Å². The summed E-state index contributed by atoms with van der Waals surface area (Å²) in [6.45, 7) is 8.03. The molecule has 1 amide bonds. The van der Waals surface area contributed by atoms with Crippen molar-refractivity contribution in [3.05, 3.63) is 0 Å². The monoisotopic (exact) mass is 207 g/mol. The number of amides is 1. The molecule has 1 N–H and O–H groups in total.